The van der Waals surface area contributed by atoms with Crippen LogP contribution < -0.4 is 4.90 Å². The van der Waals surface area contributed by atoms with Gasteiger partial charge in [-0.25, -0.2) is 4.79 Å². The van der Waals surface area contributed by atoms with E-state index in [2.05, 4.69) is 20.9 Å². The number of aromatic nitrogens is 1. The highest BCUT2D eigenvalue weighted by atomic mass is 79.9. The van der Waals surface area contributed by atoms with E-state index < -0.39 is 5.97 Å². The molecule has 2 aromatic rings. The Kier molecular flexibility index (Phi) is 6.86. The average molecular weight is 444 g/mol. The van der Waals surface area contributed by atoms with Crippen molar-refractivity contribution in [1.29, 1.82) is 0 Å². The number of aromatic amines is 1. The standard InChI is InChI=1S/C18H20BrClN2O4/c1-10-15(18(24)26-8-7-25-4)11(2)21-16(10)17(23)22(3)14-6-5-12(19)9-13(14)20/h5-6,9,21H,7-8H2,1-4H3. The minimum Gasteiger partial charge on any atom is -0.460 e. The summed E-state index contributed by atoms with van der Waals surface area (Å²) in [5.74, 6) is -0.789. The fourth-order valence-corrected chi connectivity index (χ4v) is 3.39. The van der Waals surface area contributed by atoms with Gasteiger partial charge in [0.1, 0.15) is 12.3 Å². The highest BCUT2D eigenvalue weighted by Crippen LogP contribution is 2.30. The molecule has 26 heavy (non-hydrogen) atoms. The summed E-state index contributed by atoms with van der Waals surface area (Å²) < 4.78 is 10.9. The molecule has 0 aliphatic carbocycles. The number of hydrogen-bond donors (Lipinski definition) is 1. The summed E-state index contributed by atoms with van der Waals surface area (Å²) >= 11 is 9.57. The normalized spacial score (nSPS) is 10.7. The predicted molar refractivity (Wildman–Crippen MR) is 104 cm³/mol. The van der Waals surface area contributed by atoms with Crippen LogP contribution in [0.25, 0.3) is 0 Å². The van der Waals surface area contributed by atoms with Crippen molar-refractivity contribution in [2.75, 3.05) is 32.3 Å². The van der Waals surface area contributed by atoms with Crippen LogP contribution in [0.3, 0.4) is 0 Å². The van der Waals surface area contributed by atoms with Crippen LogP contribution in [0.1, 0.15) is 32.1 Å². The molecule has 1 N–H and O–H groups in total. The summed E-state index contributed by atoms with van der Waals surface area (Å²) in [5, 5.41) is 0.440. The van der Waals surface area contributed by atoms with E-state index in [9.17, 15) is 9.59 Å². The first kappa shape index (κ1) is 20.5. The molecule has 140 valence electrons. The molecule has 8 heteroatoms. The molecule has 0 aliphatic rings. The maximum Gasteiger partial charge on any atom is 0.340 e. The van der Waals surface area contributed by atoms with Gasteiger partial charge in [0, 0.05) is 24.3 Å². The first-order chi connectivity index (χ1) is 12.3. The van der Waals surface area contributed by atoms with Crippen LogP contribution in [0.5, 0.6) is 0 Å². The molecule has 0 bridgehead atoms. The number of nitrogens with one attached hydrogen (secondary N) is 1. The second-order valence-electron chi connectivity index (χ2n) is 5.71. The molecule has 0 atom stereocenters. The predicted octanol–water partition coefficient (Wildman–Crippen LogP) is 4.13. The first-order valence-electron chi connectivity index (χ1n) is 7.86. The number of methoxy groups -OCH3 is 1. The van der Waals surface area contributed by atoms with Gasteiger partial charge in [0.05, 0.1) is 22.9 Å². The lowest BCUT2D eigenvalue weighted by Gasteiger charge is -2.18. The lowest BCUT2D eigenvalue weighted by atomic mass is 10.1. The van der Waals surface area contributed by atoms with Crippen molar-refractivity contribution < 1.29 is 19.1 Å². The van der Waals surface area contributed by atoms with Crippen LogP contribution in [0.15, 0.2) is 22.7 Å². The van der Waals surface area contributed by atoms with Crippen molar-refractivity contribution in [2.24, 2.45) is 0 Å². The van der Waals surface area contributed by atoms with Crippen molar-refractivity contribution in [3.8, 4) is 0 Å². The average Bonchev–Trinajstić information content (AvgIpc) is 2.88. The Labute approximate surface area is 165 Å². The minimum atomic E-state index is -0.489. The lowest BCUT2D eigenvalue weighted by molar-refractivity contribution is 0.0387. The summed E-state index contributed by atoms with van der Waals surface area (Å²) in [7, 11) is 3.16. The Bertz CT molecular complexity index is 835. The smallest absolute Gasteiger partial charge is 0.340 e. The van der Waals surface area contributed by atoms with Crippen molar-refractivity contribution in [3.63, 3.8) is 0 Å². The molecule has 0 saturated carbocycles. The van der Waals surface area contributed by atoms with Gasteiger partial charge in [-0.15, -0.1) is 0 Å². The molecule has 0 fully saturated rings. The number of carbonyl (C=O) groups excluding carboxylic acids is 2. The maximum atomic E-state index is 12.9. The van der Waals surface area contributed by atoms with Crippen molar-refractivity contribution >= 4 is 45.1 Å². The summed E-state index contributed by atoms with van der Waals surface area (Å²) in [4.78, 5) is 29.6. The van der Waals surface area contributed by atoms with Crippen LogP contribution in [0, 0.1) is 13.8 Å². The third-order valence-corrected chi connectivity index (χ3v) is 4.75. The van der Waals surface area contributed by atoms with Gasteiger partial charge in [0.15, 0.2) is 0 Å². The van der Waals surface area contributed by atoms with E-state index in [1.165, 1.54) is 12.0 Å². The maximum absolute atomic E-state index is 12.9. The molecule has 0 spiro atoms. The van der Waals surface area contributed by atoms with E-state index in [0.717, 1.165) is 4.47 Å². The minimum absolute atomic E-state index is 0.150. The Morgan fingerprint density at radius 1 is 1.27 bits per heavy atom. The van der Waals surface area contributed by atoms with Gasteiger partial charge < -0.3 is 19.4 Å². The molecule has 1 aromatic heterocycles. The highest BCUT2D eigenvalue weighted by molar-refractivity contribution is 9.10. The fraction of sp³-hybridized carbons (Fsp3) is 0.333. The Morgan fingerprint density at radius 3 is 2.58 bits per heavy atom. The van der Waals surface area contributed by atoms with Crippen LogP contribution in [0.2, 0.25) is 5.02 Å². The molecule has 0 saturated heterocycles. The summed E-state index contributed by atoms with van der Waals surface area (Å²) in [6.07, 6.45) is 0. The Balaban J connectivity index is 2.29. The third-order valence-electron chi connectivity index (χ3n) is 3.95. The van der Waals surface area contributed by atoms with Gasteiger partial charge in [0.2, 0.25) is 0 Å². The Morgan fingerprint density at radius 2 is 1.96 bits per heavy atom. The zero-order chi connectivity index (χ0) is 19.4. The molecule has 0 aliphatic heterocycles. The summed E-state index contributed by atoms with van der Waals surface area (Å²) in [5.41, 5.74) is 2.36. The molecule has 0 radical (unpaired) electrons. The van der Waals surface area contributed by atoms with Crippen molar-refractivity contribution in [2.45, 2.75) is 13.8 Å². The fourth-order valence-electron chi connectivity index (χ4n) is 2.59. The second kappa shape index (κ2) is 8.70. The number of H-pyrrole nitrogens is 1. The zero-order valence-corrected chi connectivity index (χ0v) is 17.3. The van der Waals surface area contributed by atoms with E-state index in [1.807, 2.05) is 0 Å². The number of ether oxygens (including phenoxy) is 2. The first-order valence-corrected chi connectivity index (χ1v) is 9.03. The zero-order valence-electron chi connectivity index (χ0n) is 15.0. The monoisotopic (exact) mass is 442 g/mol. The number of anilines is 1. The number of nitrogens with zero attached hydrogens (tertiary/aromatic N) is 1. The van der Waals surface area contributed by atoms with Crippen molar-refractivity contribution in [1.82, 2.24) is 4.98 Å². The number of esters is 1. The molecule has 1 heterocycles. The molecule has 1 amide bonds. The lowest BCUT2D eigenvalue weighted by Crippen LogP contribution is -2.27. The second-order valence-corrected chi connectivity index (χ2v) is 7.04. The van der Waals surface area contributed by atoms with E-state index in [0.29, 0.717) is 39.8 Å². The van der Waals surface area contributed by atoms with Gasteiger partial charge in [-0.2, -0.15) is 0 Å². The number of halogens is 2. The number of aryl methyl sites for hydroxylation is 1. The quantitative estimate of drug-likeness (QED) is 0.538. The van der Waals surface area contributed by atoms with Crippen LogP contribution in [0.4, 0.5) is 5.69 Å². The van der Waals surface area contributed by atoms with E-state index in [4.69, 9.17) is 21.1 Å². The van der Waals surface area contributed by atoms with Crippen LogP contribution >= 0.6 is 27.5 Å². The van der Waals surface area contributed by atoms with E-state index >= 15 is 0 Å². The van der Waals surface area contributed by atoms with Gasteiger partial charge >= 0.3 is 5.97 Å². The summed E-state index contributed by atoms with van der Waals surface area (Å²) in [6, 6.07) is 5.26. The van der Waals surface area contributed by atoms with E-state index in [1.54, 1.807) is 39.1 Å². The highest BCUT2D eigenvalue weighted by Gasteiger charge is 2.26. The Hall–Kier alpha value is -1.83. The van der Waals surface area contributed by atoms with E-state index in [-0.39, 0.29) is 12.5 Å². The van der Waals surface area contributed by atoms with Crippen LogP contribution in [-0.2, 0) is 9.47 Å². The van der Waals surface area contributed by atoms with Gasteiger partial charge in [-0.05, 0) is 37.6 Å². The number of amides is 1. The SMILES string of the molecule is COCCOC(=O)c1c(C)[nH]c(C(=O)N(C)c2ccc(Br)cc2Cl)c1C. The number of carbonyl (C=O) groups is 2. The molecular formula is C18H20BrClN2O4. The summed E-state index contributed by atoms with van der Waals surface area (Å²) in [6.45, 7) is 3.89. The molecule has 6 nitrogen and oxygen atoms in total. The third kappa shape index (κ3) is 4.28. The van der Waals surface area contributed by atoms with Gasteiger partial charge in [-0.3, -0.25) is 4.79 Å². The topological polar surface area (TPSA) is 71.6 Å². The molecule has 1 aromatic carbocycles. The number of benzene rings is 1. The number of hydrogen-bond acceptors (Lipinski definition) is 4. The molecule has 2 rings (SSSR count). The molecular weight excluding hydrogens is 424 g/mol. The van der Waals surface area contributed by atoms with Crippen molar-refractivity contribution in [3.05, 3.63) is 50.2 Å². The van der Waals surface area contributed by atoms with Crippen LogP contribution in [-0.4, -0.2) is 44.2 Å². The molecule has 0 unspecified atom stereocenters. The largest absolute Gasteiger partial charge is 0.460 e. The number of rotatable bonds is 6. The van der Waals surface area contributed by atoms with Gasteiger partial charge in [0.25, 0.3) is 5.91 Å². The van der Waals surface area contributed by atoms with Gasteiger partial charge in [-0.1, -0.05) is 27.5 Å².